The van der Waals surface area contributed by atoms with Crippen LogP contribution in [0.5, 0.6) is 0 Å². The van der Waals surface area contributed by atoms with Crippen molar-refractivity contribution in [3.63, 3.8) is 0 Å². The topological polar surface area (TPSA) is 57.6 Å². The Morgan fingerprint density at radius 2 is 2.11 bits per heavy atom. The van der Waals surface area contributed by atoms with Gasteiger partial charge in [0.2, 0.25) is 10.0 Å². The van der Waals surface area contributed by atoms with Crippen LogP contribution in [0.15, 0.2) is 17.5 Å². The molecule has 0 radical (unpaired) electrons. The van der Waals surface area contributed by atoms with Crippen LogP contribution < -0.4 is 0 Å². The third-order valence-electron chi connectivity index (χ3n) is 2.64. The number of unbranched alkanes of at least 4 members (excludes halogenated alkanes) is 1. The van der Waals surface area contributed by atoms with Crippen LogP contribution in [0.25, 0.3) is 0 Å². The number of thiophene rings is 1. The van der Waals surface area contributed by atoms with Crippen molar-refractivity contribution in [3.8, 4) is 0 Å². The van der Waals surface area contributed by atoms with Crippen molar-refractivity contribution in [3.05, 3.63) is 22.4 Å². The number of sulfonamides is 1. The maximum atomic E-state index is 12.2. The van der Waals surface area contributed by atoms with Gasteiger partial charge >= 0.3 is 0 Å². The SMILES string of the molecule is CC(C)N(Cc1cccs1)S(=O)(=O)CCCCO. The molecule has 18 heavy (non-hydrogen) atoms. The highest BCUT2D eigenvalue weighted by Crippen LogP contribution is 2.18. The molecule has 4 nitrogen and oxygen atoms in total. The van der Waals surface area contributed by atoms with Gasteiger partial charge in [-0.3, -0.25) is 0 Å². The molecule has 0 saturated heterocycles. The fraction of sp³-hybridized carbons (Fsp3) is 0.667. The van der Waals surface area contributed by atoms with E-state index in [0.717, 1.165) is 4.88 Å². The predicted molar refractivity (Wildman–Crippen MR) is 75.1 cm³/mol. The summed E-state index contributed by atoms with van der Waals surface area (Å²) >= 11 is 1.57. The molecule has 0 saturated carbocycles. The normalized spacial score (nSPS) is 12.5. The van der Waals surface area contributed by atoms with Crippen LogP contribution in [0.1, 0.15) is 31.6 Å². The summed E-state index contributed by atoms with van der Waals surface area (Å²) in [6, 6.07) is 3.83. The molecule has 0 bridgehead atoms. The molecule has 0 aromatic carbocycles. The minimum atomic E-state index is -3.24. The Hall–Kier alpha value is -0.430. The van der Waals surface area contributed by atoms with E-state index in [1.165, 1.54) is 4.31 Å². The molecule has 0 aliphatic heterocycles. The molecule has 0 amide bonds. The zero-order chi connectivity index (χ0) is 13.6. The van der Waals surface area contributed by atoms with E-state index in [1.54, 1.807) is 11.3 Å². The van der Waals surface area contributed by atoms with Crippen molar-refractivity contribution < 1.29 is 13.5 Å². The van der Waals surface area contributed by atoms with Gasteiger partial charge in [0.25, 0.3) is 0 Å². The average Bonchev–Trinajstić information content (AvgIpc) is 2.78. The van der Waals surface area contributed by atoms with E-state index in [4.69, 9.17) is 5.11 Å². The van der Waals surface area contributed by atoms with Crippen molar-refractivity contribution in [1.82, 2.24) is 4.31 Å². The van der Waals surface area contributed by atoms with Crippen LogP contribution in [0.3, 0.4) is 0 Å². The molecule has 104 valence electrons. The van der Waals surface area contributed by atoms with Gasteiger partial charge in [-0.05, 0) is 38.1 Å². The summed E-state index contributed by atoms with van der Waals surface area (Å²) in [5, 5.41) is 10.7. The fourth-order valence-electron chi connectivity index (χ4n) is 1.67. The van der Waals surface area contributed by atoms with Crippen molar-refractivity contribution in [2.75, 3.05) is 12.4 Å². The Morgan fingerprint density at radius 1 is 1.39 bits per heavy atom. The average molecular weight is 291 g/mol. The van der Waals surface area contributed by atoms with Crippen LogP contribution in [-0.2, 0) is 16.6 Å². The number of aliphatic hydroxyl groups is 1. The van der Waals surface area contributed by atoms with Gasteiger partial charge in [0.15, 0.2) is 0 Å². The van der Waals surface area contributed by atoms with Crippen LogP contribution in [0.4, 0.5) is 0 Å². The van der Waals surface area contributed by atoms with Crippen LogP contribution >= 0.6 is 11.3 Å². The molecule has 1 aromatic rings. The number of hydrogen-bond acceptors (Lipinski definition) is 4. The molecular weight excluding hydrogens is 270 g/mol. The lowest BCUT2D eigenvalue weighted by Gasteiger charge is -2.25. The monoisotopic (exact) mass is 291 g/mol. The molecule has 0 atom stereocenters. The number of aliphatic hydroxyl groups excluding tert-OH is 1. The van der Waals surface area contributed by atoms with E-state index in [9.17, 15) is 8.42 Å². The summed E-state index contributed by atoms with van der Waals surface area (Å²) in [6.07, 6.45) is 1.04. The molecule has 0 unspecified atom stereocenters. The van der Waals surface area contributed by atoms with Gasteiger partial charge in [-0.15, -0.1) is 11.3 Å². The van der Waals surface area contributed by atoms with E-state index in [-0.39, 0.29) is 18.4 Å². The lowest BCUT2D eigenvalue weighted by Crippen LogP contribution is -2.37. The van der Waals surface area contributed by atoms with Gasteiger partial charge in [0, 0.05) is 24.1 Å². The first kappa shape index (κ1) is 15.6. The van der Waals surface area contributed by atoms with Crippen LogP contribution in [0.2, 0.25) is 0 Å². The minimum absolute atomic E-state index is 0.0438. The molecular formula is C12H21NO3S2. The van der Waals surface area contributed by atoms with E-state index >= 15 is 0 Å². The van der Waals surface area contributed by atoms with E-state index in [1.807, 2.05) is 31.4 Å². The van der Waals surface area contributed by atoms with Gasteiger partial charge < -0.3 is 5.11 Å². The smallest absolute Gasteiger partial charge is 0.214 e. The maximum absolute atomic E-state index is 12.2. The standard InChI is InChI=1S/C12H21NO3S2/c1-11(2)13(10-12-6-5-8-17-12)18(15,16)9-4-3-7-14/h5-6,8,11,14H,3-4,7,9-10H2,1-2H3. The number of rotatable bonds is 8. The Kier molecular flexibility index (Phi) is 6.28. The van der Waals surface area contributed by atoms with Crippen molar-refractivity contribution in [2.24, 2.45) is 0 Å². The molecule has 1 aromatic heterocycles. The fourth-order valence-corrected chi connectivity index (χ4v) is 4.24. The Morgan fingerprint density at radius 3 is 2.61 bits per heavy atom. The first-order chi connectivity index (χ1) is 8.47. The first-order valence-corrected chi connectivity index (χ1v) is 8.59. The molecule has 0 spiro atoms. The Labute approximate surface area is 113 Å². The Bertz CT molecular complexity index is 426. The summed E-state index contributed by atoms with van der Waals surface area (Å²) in [5.74, 6) is 0.108. The second-order valence-electron chi connectivity index (χ2n) is 4.47. The summed E-state index contributed by atoms with van der Waals surface area (Å²) in [6.45, 7) is 4.26. The summed E-state index contributed by atoms with van der Waals surface area (Å²) in [5.41, 5.74) is 0. The molecule has 1 heterocycles. The highest BCUT2D eigenvalue weighted by molar-refractivity contribution is 7.89. The summed E-state index contributed by atoms with van der Waals surface area (Å²) in [7, 11) is -3.24. The van der Waals surface area contributed by atoms with Gasteiger partial charge in [-0.25, -0.2) is 8.42 Å². The van der Waals surface area contributed by atoms with Crippen molar-refractivity contribution in [2.45, 2.75) is 39.3 Å². The third-order valence-corrected chi connectivity index (χ3v) is 5.57. The minimum Gasteiger partial charge on any atom is -0.396 e. The molecule has 0 aliphatic carbocycles. The lowest BCUT2D eigenvalue weighted by atomic mass is 10.4. The zero-order valence-corrected chi connectivity index (χ0v) is 12.5. The van der Waals surface area contributed by atoms with Gasteiger partial charge in [-0.1, -0.05) is 6.07 Å². The number of hydrogen-bond donors (Lipinski definition) is 1. The molecule has 1 rings (SSSR count). The van der Waals surface area contributed by atoms with Crippen LogP contribution in [0, 0.1) is 0 Å². The second kappa shape index (κ2) is 7.23. The van der Waals surface area contributed by atoms with Crippen LogP contribution in [-0.4, -0.2) is 36.2 Å². The number of nitrogens with zero attached hydrogens (tertiary/aromatic N) is 1. The van der Waals surface area contributed by atoms with Gasteiger partial charge in [-0.2, -0.15) is 4.31 Å². The van der Waals surface area contributed by atoms with Crippen molar-refractivity contribution >= 4 is 21.4 Å². The Balaban J connectivity index is 2.71. The van der Waals surface area contributed by atoms with E-state index in [0.29, 0.717) is 19.4 Å². The van der Waals surface area contributed by atoms with E-state index in [2.05, 4.69) is 0 Å². The quantitative estimate of drug-likeness (QED) is 0.746. The lowest BCUT2D eigenvalue weighted by molar-refractivity contribution is 0.286. The van der Waals surface area contributed by atoms with Gasteiger partial charge in [0.05, 0.1) is 5.75 Å². The highest BCUT2D eigenvalue weighted by Gasteiger charge is 2.24. The first-order valence-electron chi connectivity index (χ1n) is 6.10. The molecule has 1 N–H and O–H groups in total. The zero-order valence-electron chi connectivity index (χ0n) is 10.9. The largest absolute Gasteiger partial charge is 0.396 e. The van der Waals surface area contributed by atoms with Crippen molar-refractivity contribution in [1.29, 1.82) is 0 Å². The summed E-state index contributed by atoms with van der Waals surface area (Å²) < 4.78 is 26.0. The maximum Gasteiger partial charge on any atom is 0.214 e. The molecule has 0 fully saturated rings. The molecule has 6 heteroatoms. The third kappa shape index (κ3) is 4.68. The predicted octanol–water partition coefficient (Wildman–Crippen LogP) is 2.06. The summed E-state index contributed by atoms with van der Waals surface area (Å²) in [4.78, 5) is 1.05. The second-order valence-corrected chi connectivity index (χ2v) is 7.54. The highest BCUT2D eigenvalue weighted by atomic mass is 32.2. The van der Waals surface area contributed by atoms with E-state index < -0.39 is 10.0 Å². The van der Waals surface area contributed by atoms with Gasteiger partial charge in [0.1, 0.15) is 0 Å². The molecule has 0 aliphatic rings.